The maximum atomic E-state index is 10.8. The Hall–Kier alpha value is -0.790. The average Bonchev–Trinajstić information content (AvgIpc) is 2.01. The van der Waals surface area contributed by atoms with Crippen LogP contribution in [0.2, 0.25) is 0 Å². The molecule has 0 saturated heterocycles. The van der Waals surface area contributed by atoms with Gasteiger partial charge >= 0.3 is 5.97 Å². The summed E-state index contributed by atoms with van der Waals surface area (Å²) in [6.07, 6.45) is 4.16. The van der Waals surface area contributed by atoms with Crippen LogP contribution in [0.3, 0.4) is 0 Å². The first-order valence-electron chi connectivity index (χ1n) is 4.00. The molecule has 0 N–H and O–H groups in total. The van der Waals surface area contributed by atoms with Gasteiger partial charge in [0.15, 0.2) is 0 Å². The molecule has 1 atom stereocenters. The third-order valence-electron chi connectivity index (χ3n) is 1.51. The molecule has 0 bridgehead atoms. The second kappa shape index (κ2) is 5.96. The molecule has 0 rings (SSSR count). The summed E-state index contributed by atoms with van der Waals surface area (Å²) in [5, 5.41) is 0. The van der Waals surface area contributed by atoms with Crippen LogP contribution < -0.4 is 0 Å². The smallest absolute Gasteiger partial charge is 0.330 e. The molecule has 2 heteroatoms. The highest BCUT2D eigenvalue weighted by atomic mass is 16.5. The molecule has 0 aliphatic carbocycles. The van der Waals surface area contributed by atoms with Gasteiger partial charge in [0.1, 0.15) is 0 Å². The Morgan fingerprint density at radius 1 is 1.64 bits per heavy atom. The minimum atomic E-state index is -0.243. The molecule has 0 aliphatic rings. The molecule has 0 aromatic carbocycles. The second-order valence-corrected chi connectivity index (χ2v) is 2.64. The van der Waals surface area contributed by atoms with E-state index >= 15 is 0 Å². The lowest BCUT2D eigenvalue weighted by Gasteiger charge is -2.06. The van der Waals surface area contributed by atoms with E-state index in [1.807, 2.05) is 0 Å². The van der Waals surface area contributed by atoms with Gasteiger partial charge in [0.05, 0.1) is 6.61 Å². The molecular weight excluding hydrogens is 140 g/mol. The molecule has 11 heavy (non-hydrogen) atoms. The van der Waals surface area contributed by atoms with Crippen molar-refractivity contribution in [2.24, 2.45) is 5.92 Å². The van der Waals surface area contributed by atoms with E-state index < -0.39 is 0 Å². The maximum Gasteiger partial charge on any atom is 0.330 e. The number of carbonyl (C=O) groups excluding carboxylic acids is 1. The molecule has 0 heterocycles. The van der Waals surface area contributed by atoms with E-state index in [4.69, 9.17) is 4.74 Å². The molecule has 0 saturated carbocycles. The van der Waals surface area contributed by atoms with Crippen molar-refractivity contribution in [3.05, 3.63) is 12.2 Å². The monoisotopic (exact) mass is 156 g/mol. The molecule has 0 aromatic rings. The fraction of sp³-hybridized carbons (Fsp3) is 0.667. The van der Waals surface area contributed by atoms with Crippen molar-refractivity contribution >= 4 is 5.97 Å². The Morgan fingerprint density at radius 2 is 2.27 bits per heavy atom. The van der Waals surface area contributed by atoms with Crippen molar-refractivity contribution in [2.45, 2.75) is 27.2 Å². The molecule has 1 unspecified atom stereocenters. The molecule has 0 fully saturated rings. The van der Waals surface area contributed by atoms with E-state index in [0.29, 0.717) is 12.5 Å². The number of rotatable bonds is 4. The molecule has 2 nitrogen and oxygen atoms in total. The highest BCUT2D eigenvalue weighted by Gasteiger charge is 2.01. The number of ether oxygens (including phenoxy) is 1. The zero-order valence-electron chi connectivity index (χ0n) is 7.46. The highest BCUT2D eigenvalue weighted by molar-refractivity contribution is 5.81. The third-order valence-corrected chi connectivity index (χ3v) is 1.51. The fourth-order valence-electron chi connectivity index (χ4n) is 0.526. The Kier molecular flexibility index (Phi) is 5.53. The van der Waals surface area contributed by atoms with Crippen LogP contribution in [0.5, 0.6) is 0 Å². The molecule has 0 aliphatic heterocycles. The first-order chi connectivity index (χ1) is 5.20. The van der Waals surface area contributed by atoms with Crippen LogP contribution in [0.15, 0.2) is 12.2 Å². The number of allylic oxidation sites excluding steroid dienone is 1. The van der Waals surface area contributed by atoms with Crippen molar-refractivity contribution in [2.75, 3.05) is 6.61 Å². The number of esters is 1. The largest absolute Gasteiger partial charge is 0.462 e. The molecule has 0 radical (unpaired) electrons. The van der Waals surface area contributed by atoms with Gasteiger partial charge in [-0.25, -0.2) is 4.79 Å². The summed E-state index contributed by atoms with van der Waals surface area (Å²) in [7, 11) is 0. The van der Waals surface area contributed by atoms with Gasteiger partial charge in [0.2, 0.25) is 0 Å². The fourth-order valence-corrected chi connectivity index (χ4v) is 0.526. The Morgan fingerprint density at radius 3 is 2.73 bits per heavy atom. The Labute approximate surface area is 68.2 Å². The maximum absolute atomic E-state index is 10.8. The van der Waals surface area contributed by atoms with Crippen LogP contribution in [0.1, 0.15) is 27.2 Å². The summed E-state index contributed by atoms with van der Waals surface area (Å²) in [6, 6.07) is 0. The van der Waals surface area contributed by atoms with Crippen LogP contribution in [0.25, 0.3) is 0 Å². The van der Waals surface area contributed by atoms with Gasteiger partial charge in [-0.05, 0) is 12.8 Å². The van der Waals surface area contributed by atoms with Gasteiger partial charge in [-0.15, -0.1) is 0 Å². The third kappa shape index (κ3) is 5.64. The summed E-state index contributed by atoms with van der Waals surface area (Å²) in [5.74, 6) is 0.219. The van der Waals surface area contributed by atoms with Crippen molar-refractivity contribution in [1.29, 1.82) is 0 Å². The van der Waals surface area contributed by atoms with E-state index in [9.17, 15) is 4.79 Å². The van der Waals surface area contributed by atoms with Gasteiger partial charge in [-0.1, -0.05) is 26.3 Å². The summed E-state index contributed by atoms with van der Waals surface area (Å²) in [4.78, 5) is 10.8. The van der Waals surface area contributed by atoms with Gasteiger partial charge in [-0.2, -0.15) is 0 Å². The zero-order valence-corrected chi connectivity index (χ0v) is 7.46. The van der Waals surface area contributed by atoms with E-state index in [2.05, 4.69) is 13.8 Å². The predicted octanol–water partition coefficient (Wildman–Crippen LogP) is 2.15. The average molecular weight is 156 g/mol. The predicted molar refractivity (Wildman–Crippen MR) is 45.2 cm³/mol. The van der Waals surface area contributed by atoms with E-state index in [1.54, 1.807) is 13.0 Å². The van der Waals surface area contributed by atoms with Crippen molar-refractivity contribution in [3.8, 4) is 0 Å². The quantitative estimate of drug-likeness (QED) is 0.460. The van der Waals surface area contributed by atoms with Crippen LogP contribution in [-0.2, 0) is 9.53 Å². The summed E-state index contributed by atoms with van der Waals surface area (Å²) in [5.41, 5.74) is 0. The normalized spacial score (nSPS) is 13.4. The summed E-state index contributed by atoms with van der Waals surface area (Å²) >= 11 is 0. The van der Waals surface area contributed by atoms with Crippen molar-refractivity contribution in [3.63, 3.8) is 0 Å². The Balaban J connectivity index is 3.45. The highest BCUT2D eigenvalue weighted by Crippen LogP contribution is 2.00. The lowest BCUT2D eigenvalue weighted by molar-refractivity contribution is -0.138. The van der Waals surface area contributed by atoms with Crippen molar-refractivity contribution in [1.82, 2.24) is 0 Å². The topological polar surface area (TPSA) is 26.3 Å². The van der Waals surface area contributed by atoms with E-state index in [0.717, 1.165) is 6.42 Å². The minimum absolute atomic E-state index is 0.243. The van der Waals surface area contributed by atoms with E-state index in [1.165, 1.54) is 6.08 Å². The Bertz CT molecular complexity index is 138. The first kappa shape index (κ1) is 10.2. The van der Waals surface area contributed by atoms with Crippen LogP contribution in [0.4, 0.5) is 0 Å². The van der Waals surface area contributed by atoms with Crippen LogP contribution in [0, 0.1) is 5.92 Å². The lowest BCUT2D eigenvalue weighted by Crippen LogP contribution is -2.08. The minimum Gasteiger partial charge on any atom is -0.462 e. The van der Waals surface area contributed by atoms with Crippen LogP contribution in [-0.4, -0.2) is 12.6 Å². The number of hydrogen-bond acceptors (Lipinski definition) is 2. The number of hydrogen-bond donors (Lipinski definition) is 0. The lowest BCUT2D eigenvalue weighted by atomic mass is 10.1. The molecule has 64 valence electrons. The second-order valence-electron chi connectivity index (χ2n) is 2.64. The van der Waals surface area contributed by atoms with E-state index in [-0.39, 0.29) is 5.97 Å². The standard InChI is InChI=1S/C9H16O2/c1-4-6-9(10)11-7-8(3)5-2/h4,6,8H,5,7H2,1-3H3. The molecule has 0 aromatic heterocycles. The van der Waals surface area contributed by atoms with Gasteiger partial charge in [0.25, 0.3) is 0 Å². The van der Waals surface area contributed by atoms with Gasteiger partial charge in [-0.3, -0.25) is 0 Å². The first-order valence-corrected chi connectivity index (χ1v) is 4.00. The van der Waals surface area contributed by atoms with Gasteiger partial charge < -0.3 is 4.74 Å². The molecular formula is C9H16O2. The molecule has 0 amide bonds. The number of carbonyl (C=O) groups is 1. The van der Waals surface area contributed by atoms with Gasteiger partial charge in [0, 0.05) is 6.08 Å². The zero-order chi connectivity index (χ0) is 8.69. The molecule has 0 spiro atoms. The SMILES string of the molecule is CC=CC(=O)OCC(C)CC. The van der Waals surface area contributed by atoms with Crippen molar-refractivity contribution < 1.29 is 9.53 Å². The van der Waals surface area contributed by atoms with Crippen LogP contribution >= 0.6 is 0 Å². The summed E-state index contributed by atoms with van der Waals surface area (Å²) < 4.78 is 4.91. The summed E-state index contributed by atoms with van der Waals surface area (Å²) in [6.45, 7) is 6.46.